The second-order valence-corrected chi connectivity index (χ2v) is 4.83. The lowest BCUT2D eigenvalue weighted by Crippen LogP contribution is -1.98. The number of hydrogen-bond donors (Lipinski definition) is 1. The van der Waals surface area contributed by atoms with Gasteiger partial charge in [0, 0.05) is 5.56 Å². The summed E-state index contributed by atoms with van der Waals surface area (Å²) >= 11 is 0. The molecule has 2 aromatic rings. The third kappa shape index (κ3) is 3.36. The van der Waals surface area contributed by atoms with E-state index in [2.05, 4.69) is 6.92 Å². The molecule has 0 aliphatic carbocycles. The van der Waals surface area contributed by atoms with Crippen LogP contribution in [0.5, 0.6) is 11.5 Å². The second kappa shape index (κ2) is 6.53. The van der Waals surface area contributed by atoms with Gasteiger partial charge in [0.05, 0.1) is 6.10 Å². The van der Waals surface area contributed by atoms with Gasteiger partial charge in [0.15, 0.2) is 11.6 Å². The Morgan fingerprint density at radius 1 is 1.15 bits per heavy atom. The van der Waals surface area contributed by atoms with E-state index >= 15 is 0 Å². The van der Waals surface area contributed by atoms with Crippen molar-refractivity contribution in [1.82, 2.24) is 0 Å². The van der Waals surface area contributed by atoms with Gasteiger partial charge in [0.1, 0.15) is 5.75 Å². The van der Waals surface area contributed by atoms with E-state index in [1.165, 1.54) is 11.6 Å². The van der Waals surface area contributed by atoms with Crippen molar-refractivity contribution in [3.63, 3.8) is 0 Å². The van der Waals surface area contributed by atoms with Crippen molar-refractivity contribution in [2.24, 2.45) is 0 Å². The molecular weight excluding hydrogens is 255 g/mol. The third-order valence-corrected chi connectivity index (χ3v) is 3.13. The lowest BCUT2D eigenvalue weighted by atomic mass is 10.1. The molecule has 0 bridgehead atoms. The summed E-state index contributed by atoms with van der Waals surface area (Å²) in [6.45, 7) is 3.71. The van der Waals surface area contributed by atoms with Crippen LogP contribution in [0.25, 0.3) is 0 Å². The van der Waals surface area contributed by atoms with Crippen molar-refractivity contribution in [2.75, 3.05) is 0 Å². The fourth-order valence-electron chi connectivity index (χ4n) is 2.09. The van der Waals surface area contributed by atoms with Gasteiger partial charge in [-0.15, -0.1) is 0 Å². The third-order valence-electron chi connectivity index (χ3n) is 3.13. The van der Waals surface area contributed by atoms with Crippen LogP contribution in [-0.4, -0.2) is 5.11 Å². The number of halogens is 1. The van der Waals surface area contributed by atoms with Gasteiger partial charge in [0.2, 0.25) is 0 Å². The van der Waals surface area contributed by atoms with Crippen LogP contribution in [0.4, 0.5) is 4.39 Å². The van der Waals surface area contributed by atoms with E-state index in [-0.39, 0.29) is 5.75 Å². The zero-order valence-corrected chi connectivity index (χ0v) is 11.8. The second-order valence-electron chi connectivity index (χ2n) is 4.83. The number of hydrogen-bond acceptors (Lipinski definition) is 2. The fraction of sp³-hybridized carbons (Fsp3) is 0.294. The summed E-state index contributed by atoms with van der Waals surface area (Å²) in [5, 5.41) is 9.67. The minimum absolute atomic E-state index is 0.0886. The zero-order chi connectivity index (χ0) is 14.5. The Morgan fingerprint density at radius 2 is 1.85 bits per heavy atom. The van der Waals surface area contributed by atoms with Gasteiger partial charge < -0.3 is 9.84 Å². The van der Waals surface area contributed by atoms with Crippen LogP contribution in [0.1, 0.15) is 37.5 Å². The molecule has 1 atom stereocenters. The van der Waals surface area contributed by atoms with E-state index < -0.39 is 11.9 Å². The summed E-state index contributed by atoms with van der Waals surface area (Å²) in [5.41, 5.74) is 1.67. The Kier molecular flexibility index (Phi) is 4.74. The maximum absolute atomic E-state index is 13.9. The van der Waals surface area contributed by atoms with E-state index in [9.17, 15) is 9.50 Å². The van der Waals surface area contributed by atoms with E-state index in [0.29, 0.717) is 11.3 Å². The van der Waals surface area contributed by atoms with Crippen LogP contribution in [0.15, 0.2) is 42.5 Å². The minimum atomic E-state index is -0.778. The summed E-state index contributed by atoms with van der Waals surface area (Å²) in [5.74, 6) is 0.184. The van der Waals surface area contributed by atoms with Crippen molar-refractivity contribution in [3.05, 3.63) is 59.4 Å². The highest BCUT2D eigenvalue weighted by Crippen LogP contribution is 2.32. The first kappa shape index (κ1) is 14.5. The van der Waals surface area contributed by atoms with Crippen LogP contribution < -0.4 is 4.74 Å². The lowest BCUT2D eigenvalue weighted by molar-refractivity contribution is 0.194. The maximum atomic E-state index is 13.9. The summed E-state index contributed by atoms with van der Waals surface area (Å²) in [7, 11) is 0. The smallest absolute Gasteiger partial charge is 0.168 e. The fourth-order valence-corrected chi connectivity index (χ4v) is 2.09. The average Bonchev–Trinajstić information content (AvgIpc) is 2.43. The normalized spacial score (nSPS) is 12.2. The summed E-state index contributed by atoms with van der Waals surface area (Å²) in [6.07, 6.45) is 1.32. The van der Waals surface area contributed by atoms with Gasteiger partial charge in [-0.2, -0.15) is 0 Å². The molecule has 20 heavy (non-hydrogen) atoms. The van der Waals surface area contributed by atoms with Crippen molar-refractivity contribution in [3.8, 4) is 11.5 Å². The molecule has 0 aliphatic rings. The van der Waals surface area contributed by atoms with Crippen LogP contribution in [0.2, 0.25) is 0 Å². The molecule has 0 saturated heterocycles. The number of aliphatic hydroxyl groups is 1. The molecule has 0 fully saturated rings. The highest BCUT2D eigenvalue weighted by atomic mass is 19.1. The average molecular weight is 274 g/mol. The van der Waals surface area contributed by atoms with Gasteiger partial charge in [-0.3, -0.25) is 0 Å². The maximum Gasteiger partial charge on any atom is 0.168 e. The standard InChI is InChI=1S/C17H19FO2/c1-3-5-13-8-10-14(11-9-13)20-17-15(12(2)19)6-4-7-16(17)18/h4,6-12,19H,3,5H2,1-2H3/t12-/m1/s1. The molecular formula is C17H19FO2. The SMILES string of the molecule is CCCc1ccc(Oc2c(F)cccc2[C@@H](C)O)cc1. The van der Waals surface area contributed by atoms with Gasteiger partial charge in [-0.25, -0.2) is 4.39 Å². The number of para-hydroxylation sites is 1. The van der Waals surface area contributed by atoms with Crippen molar-refractivity contribution >= 4 is 0 Å². The monoisotopic (exact) mass is 274 g/mol. The largest absolute Gasteiger partial charge is 0.454 e. The Labute approximate surface area is 118 Å². The van der Waals surface area contributed by atoms with Crippen LogP contribution in [-0.2, 0) is 6.42 Å². The molecule has 1 N–H and O–H groups in total. The van der Waals surface area contributed by atoms with E-state index in [1.807, 2.05) is 24.3 Å². The highest BCUT2D eigenvalue weighted by molar-refractivity contribution is 5.40. The van der Waals surface area contributed by atoms with Crippen LogP contribution >= 0.6 is 0 Å². The van der Waals surface area contributed by atoms with Gasteiger partial charge in [0.25, 0.3) is 0 Å². The molecule has 0 aromatic heterocycles. The first-order valence-electron chi connectivity index (χ1n) is 6.85. The number of ether oxygens (including phenoxy) is 1. The summed E-state index contributed by atoms with van der Waals surface area (Å²) in [6, 6.07) is 12.1. The molecule has 0 heterocycles. The van der Waals surface area contributed by atoms with Gasteiger partial charge in [-0.05, 0) is 37.1 Å². The van der Waals surface area contributed by atoms with E-state index in [4.69, 9.17) is 4.74 Å². The summed E-state index contributed by atoms with van der Waals surface area (Å²) < 4.78 is 19.5. The Balaban J connectivity index is 2.25. The van der Waals surface area contributed by atoms with Crippen molar-refractivity contribution in [1.29, 1.82) is 0 Å². The van der Waals surface area contributed by atoms with Gasteiger partial charge >= 0.3 is 0 Å². The molecule has 0 saturated carbocycles. The quantitative estimate of drug-likeness (QED) is 0.861. The molecule has 0 aliphatic heterocycles. The molecule has 0 unspecified atom stereocenters. The molecule has 106 valence electrons. The minimum Gasteiger partial charge on any atom is -0.454 e. The topological polar surface area (TPSA) is 29.5 Å². The van der Waals surface area contributed by atoms with E-state index in [1.54, 1.807) is 19.1 Å². The predicted molar refractivity (Wildman–Crippen MR) is 77.5 cm³/mol. The molecule has 3 heteroatoms. The summed E-state index contributed by atoms with van der Waals surface area (Å²) in [4.78, 5) is 0. The van der Waals surface area contributed by atoms with Crippen molar-refractivity contribution in [2.45, 2.75) is 32.8 Å². The number of benzene rings is 2. The molecule has 0 radical (unpaired) electrons. The number of rotatable bonds is 5. The molecule has 0 amide bonds. The molecule has 0 spiro atoms. The lowest BCUT2D eigenvalue weighted by Gasteiger charge is -2.14. The highest BCUT2D eigenvalue weighted by Gasteiger charge is 2.14. The van der Waals surface area contributed by atoms with E-state index in [0.717, 1.165) is 12.8 Å². The Hall–Kier alpha value is -1.87. The molecule has 2 rings (SSSR count). The Morgan fingerprint density at radius 3 is 2.45 bits per heavy atom. The molecule has 2 nitrogen and oxygen atoms in total. The number of aliphatic hydroxyl groups excluding tert-OH is 1. The first-order valence-corrected chi connectivity index (χ1v) is 6.85. The van der Waals surface area contributed by atoms with Crippen LogP contribution in [0.3, 0.4) is 0 Å². The zero-order valence-electron chi connectivity index (χ0n) is 11.8. The van der Waals surface area contributed by atoms with Gasteiger partial charge in [-0.1, -0.05) is 37.6 Å². The number of aryl methyl sites for hydroxylation is 1. The first-order chi connectivity index (χ1) is 9.61. The van der Waals surface area contributed by atoms with Crippen molar-refractivity contribution < 1.29 is 14.2 Å². The predicted octanol–water partition coefficient (Wildman–Crippen LogP) is 4.62. The van der Waals surface area contributed by atoms with Crippen LogP contribution in [0, 0.1) is 5.82 Å². The molecule has 2 aromatic carbocycles. The Bertz CT molecular complexity index is 562.